The van der Waals surface area contributed by atoms with Crippen molar-refractivity contribution in [2.45, 2.75) is 49.9 Å². The van der Waals surface area contributed by atoms with Crippen LogP contribution in [0.3, 0.4) is 0 Å². The highest BCUT2D eigenvalue weighted by Gasteiger charge is 2.25. The highest BCUT2D eigenvalue weighted by Crippen LogP contribution is 2.29. The van der Waals surface area contributed by atoms with Crippen molar-refractivity contribution in [3.05, 3.63) is 29.8 Å². The number of thioether (sulfide) groups is 1. The molecule has 100 valence electrons. The third-order valence-electron chi connectivity index (χ3n) is 3.86. The largest absolute Gasteiger partial charge is 0.508 e. The van der Waals surface area contributed by atoms with Crippen LogP contribution in [-0.4, -0.2) is 22.7 Å². The molecule has 0 bridgehead atoms. The fourth-order valence-corrected chi connectivity index (χ4v) is 3.70. The summed E-state index contributed by atoms with van der Waals surface area (Å²) in [6.45, 7) is 2.21. The molecule has 0 aromatic heterocycles. The van der Waals surface area contributed by atoms with Crippen LogP contribution in [0.15, 0.2) is 24.3 Å². The van der Waals surface area contributed by atoms with Crippen LogP contribution < -0.4 is 5.32 Å². The summed E-state index contributed by atoms with van der Waals surface area (Å²) in [5.41, 5.74) is 1.25. The second-order valence-electron chi connectivity index (χ2n) is 5.14. The molecule has 18 heavy (non-hydrogen) atoms. The Morgan fingerprint density at radius 1 is 1.22 bits per heavy atom. The molecular formula is C15H23NOS. The van der Waals surface area contributed by atoms with Crippen LogP contribution in [0.25, 0.3) is 0 Å². The van der Waals surface area contributed by atoms with Gasteiger partial charge < -0.3 is 10.4 Å². The van der Waals surface area contributed by atoms with Gasteiger partial charge in [-0.1, -0.05) is 25.0 Å². The number of phenols is 1. The molecule has 1 fully saturated rings. The van der Waals surface area contributed by atoms with Gasteiger partial charge in [0.1, 0.15) is 5.75 Å². The molecule has 0 saturated heterocycles. The first-order valence-corrected chi connectivity index (χ1v) is 8.07. The van der Waals surface area contributed by atoms with Gasteiger partial charge in [-0.3, -0.25) is 0 Å². The lowest BCUT2D eigenvalue weighted by molar-refractivity contribution is 0.356. The van der Waals surface area contributed by atoms with Crippen molar-refractivity contribution in [2.75, 3.05) is 6.26 Å². The Hall–Kier alpha value is -0.670. The Kier molecular flexibility index (Phi) is 4.95. The van der Waals surface area contributed by atoms with Crippen molar-refractivity contribution in [3.8, 4) is 5.75 Å². The van der Waals surface area contributed by atoms with E-state index in [1.54, 1.807) is 12.1 Å². The van der Waals surface area contributed by atoms with Crippen LogP contribution in [0.2, 0.25) is 0 Å². The van der Waals surface area contributed by atoms with Gasteiger partial charge in [0.25, 0.3) is 0 Å². The minimum absolute atomic E-state index is 0.339. The van der Waals surface area contributed by atoms with Crippen LogP contribution in [0.4, 0.5) is 0 Å². The number of aromatic hydroxyl groups is 1. The van der Waals surface area contributed by atoms with Gasteiger partial charge in [0.15, 0.2) is 0 Å². The van der Waals surface area contributed by atoms with Gasteiger partial charge in [0, 0.05) is 17.3 Å². The first-order valence-electron chi connectivity index (χ1n) is 6.78. The molecule has 3 heteroatoms. The van der Waals surface area contributed by atoms with Crippen LogP contribution in [-0.2, 0) is 0 Å². The van der Waals surface area contributed by atoms with E-state index in [0.717, 1.165) is 5.25 Å². The number of nitrogens with one attached hydrogen (secondary N) is 1. The molecule has 1 aromatic rings. The van der Waals surface area contributed by atoms with E-state index in [1.165, 1.54) is 31.2 Å². The zero-order valence-corrected chi connectivity index (χ0v) is 12.0. The van der Waals surface area contributed by atoms with Gasteiger partial charge in [-0.2, -0.15) is 11.8 Å². The van der Waals surface area contributed by atoms with Crippen LogP contribution >= 0.6 is 11.8 Å². The number of benzene rings is 1. The zero-order valence-electron chi connectivity index (χ0n) is 11.2. The molecule has 2 nitrogen and oxygen atoms in total. The summed E-state index contributed by atoms with van der Waals surface area (Å²) in [6, 6.07) is 8.51. The van der Waals surface area contributed by atoms with E-state index in [9.17, 15) is 5.11 Å². The molecule has 3 atom stereocenters. The summed E-state index contributed by atoms with van der Waals surface area (Å²) < 4.78 is 0. The van der Waals surface area contributed by atoms with Crippen LogP contribution in [0.1, 0.15) is 44.2 Å². The number of phenolic OH excluding ortho intramolecular Hbond substituents is 1. The molecule has 2 rings (SSSR count). The highest BCUT2D eigenvalue weighted by molar-refractivity contribution is 7.99. The van der Waals surface area contributed by atoms with Gasteiger partial charge in [-0.15, -0.1) is 0 Å². The molecule has 0 heterocycles. The summed E-state index contributed by atoms with van der Waals surface area (Å²) in [4.78, 5) is 0. The van der Waals surface area contributed by atoms with Crippen molar-refractivity contribution >= 4 is 11.8 Å². The first-order chi connectivity index (χ1) is 8.70. The van der Waals surface area contributed by atoms with Crippen molar-refractivity contribution in [2.24, 2.45) is 0 Å². The molecule has 2 N–H and O–H groups in total. The molecule has 1 aromatic carbocycles. The maximum Gasteiger partial charge on any atom is 0.115 e. The predicted octanol–water partition coefficient (Wildman–Crippen LogP) is 3.72. The predicted molar refractivity (Wildman–Crippen MR) is 79.2 cm³/mol. The lowest BCUT2D eigenvalue weighted by Gasteiger charge is -2.33. The average molecular weight is 265 g/mol. The number of rotatable bonds is 4. The summed E-state index contributed by atoms with van der Waals surface area (Å²) in [5.74, 6) is 0.339. The van der Waals surface area contributed by atoms with E-state index < -0.39 is 0 Å². The van der Waals surface area contributed by atoms with Gasteiger partial charge in [-0.25, -0.2) is 0 Å². The van der Waals surface area contributed by atoms with E-state index in [-0.39, 0.29) is 0 Å². The van der Waals surface area contributed by atoms with Crippen molar-refractivity contribution in [1.82, 2.24) is 5.32 Å². The Morgan fingerprint density at radius 3 is 2.56 bits per heavy atom. The quantitative estimate of drug-likeness (QED) is 0.870. The van der Waals surface area contributed by atoms with E-state index in [2.05, 4.69) is 18.5 Å². The Morgan fingerprint density at radius 2 is 1.89 bits per heavy atom. The number of hydrogen-bond acceptors (Lipinski definition) is 3. The molecule has 3 unspecified atom stereocenters. The monoisotopic (exact) mass is 265 g/mol. The Balaban J connectivity index is 1.97. The maximum atomic E-state index is 9.32. The number of hydrogen-bond donors (Lipinski definition) is 2. The van der Waals surface area contributed by atoms with Crippen molar-refractivity contribution in [1.29, 1.82) is 0 Å². The second-order valence-corrected chi connectivity index (χ2v) is 6.22. The SMILES string of the molecule is CSC1CCCCC1NC(C)c1ccc(O)cc1. The minimum atomic E-state index is 0.339. The van der Waals surface area contributed by atoms with Crippen molar-refractivity contribution in [3.63, 3.8) is 0 Å². The van der Waals surface area contributed by atoms with Gasteiger partial charge in [0.05, 0.1) is 0 Å². The lowest BCUT2D eigenvalue weighted by atomic mass is 9.93. The summed E-state index contributed by atoms with van der Waals surface area (Å²) in [5, 5.41) is 13.8. The normalized spacial score (nSPS) is 25.9. The molecule has 1 aliphatic carbocycles. The molecule has 1 saturated carbocycles. The standard InChI is InChI=1S/C15H23NOS/c1-11(12-7-9-13(17)10-8-12)16-14-5-3-4-6-15(14)18-2/h7-11,14-17H,3-6H2,1-2H3. The van der Waals surface area contributed by atoms with E-state index in [4.69, 9.17) is 0 Å². The topological polar surface area (TPSA) is 32.3 Å². The molecule has 1 aliphatic rings. The smallest absolute Gasteiger partial charge is 0.115 e. The fraction of sp³-hybridized carbons (Fsp3) is 0.600. The fourth-order valence-electron chi connectivity index (χ4n) is 2.75. The molecule has 0 amide bonds. The third-order valence-corrected chi connectivity index (χ3v) is 5.03. The molecule has 0 aliphatic heterocycles. The third kappa shape index (κ3) is 3.42. The van der Waals surface area contributed by atoms with E-state index >= 15 is 0 Å². The van der Waals surface area contributed by atoms with Crippen LogP contribution in [0, 0.1) is 0 Å². The van der Waals surface area contributed by atoms with E-state index in [0.29, 0.717) is 17.8 Å². The highest BCUT2D eigenvalue weighted by atomic mass is 32.2. The van der Waals surface area contributed by atoms with Gasteiger partial charge in [0.2, 0.25) is 0 Å². The lowest BCUT2D eigenvalue weighted by Crippen LogP contribution is -2.41. The first kappa shape index (κ1) is 13.8. The van der Waals surface area contributed by atoms with Gasteiger partial charge >= 0.3 is 0 Å². The second kappa shape index (κ2) is 6.48. The average Bonchev–Trinajstić information content (AvgIpc) is 2.40. The summed E-state index contributed by atoms with van der Waals surface area (Å²) >= 11 is 1.99. The molecule has 0 radical (unpaired) electrons. The Bertz CT molecular complexity index is 365. The van der Waals surface area contributed by atoms with Gasteiger partial charge in [-0.05, 0) is 43.7 Å². The summed E-state index contributed by atoms with van der Waals surface area (Å²) in [6.07, 6.45) is 7.55. The minimum Gasteiger partial charge on any atom is -0.508 e. The van der Waals surface area contributed by atoms with Crippen molar-refractivity contribution < 1.29 is 5.11 Å². The molecular weight excluding hydrogens is 242 g/mol. The van der Waals surface area contributed by atoms with Crippen LogP contribution in [0.5, 0.6) is 5.75 Å². The Labute approximate surface area is 114 Å². The van der Waals surface area contributed by atoms with E-state index in [1.807, 2.05) is 23.9 Å². The molecule has 0 spiro atoms. The maximum absolute atomic E-state index is 9.32. The zero-order chi connectivity index (χ0) is 13.0. The summed E-state index contributed by atoms with van der Waals surface area (Å²) in [7, 11) is 0.